The van der Waals surface area contributed by atoms with Gasteiger partial charge < -0.3 is 14.2 Å². The van der Waals surface area contributed by atoms with Crippen molar-refractivity contribution in [1.82, 2.24) is 0 Å². The van der Waals surface area contributed by atoms with Gasteiger partial charge in [-0.05, 0) is 36.8 Å². The number of rotatable bonds is 7. The molecule has 0 heterocycles. The van der Waals surface area contributed by atoms with Crippen molar-refractivity contribution < 1.29 is 27.8 Å². The van der Waals surface area contributed by atoms with Gasteiger partial charge >= 0.3 is 6.09 Å². The highest BCUT2D eigenvalue weighted by atomic mass is 19.1. The zero-order valence-corrected chi connectivity index (χ0v) is 14.4. The molecule has 138 valence electrons. The smallest absolute Gasteiger partial charge is 0.411 e. The molecule has 1 N–H and O–H groups in total. The number of carbonyl (C=O) groups excluding carboxylic acids is 1. The first kappa shape index (κ1) is 19.2. The molecular weight excluding hydrogens is 344 g/mol. The van der Waals surface area contributed by atoms with Gasteiger partial charge in [0.1, 0.15) is 24.8 Å². The topological polar surface area (TPSA) is 56.8 Å². The molecule has 1 amide bonds. The van der Waals surface area contributed by atoms with E-state index in [-0.39, 0.29) is 18.9 Å². The highest BCUT2D eigenvalue weighted by Crippen LogP contribution is 2.28. The second kappa shape index (κ2) is 9.41. The van der Waals surface area contributed by atoms with E-state index in [4.69, 9.17) is 14.2 Å². The molecule has 0 bridgehead atoms. The third-order valence-electron chi connectivity index (χ3n) is 3.29. The Kier molecular flexibility index (Phi) is 6.96. The molecule has 0 unspecified atom stereocenters. The Morgan fingerprint density at radius 2 is 1.92 bits per heavy atom. The van der Waals surface area contributed by atoms with Crippen LogP contribution in [0.15, 0.2) is 42.5 Å². The van der Waals surface area contributed by atoms with Crippen molar-refractivity contribution in [2.24, 2.45) is 0 Å². The monoisotopic (exact) mass is 363 g/mol. The van der Waals surface area contributed by atoms with E-state index in [1.807, 2.05) is 31.2 Å². The van der Waals surface area contributed by atoms with Crippen LogP contribution in [0.2, 0.25) is 0 Å². The summed E-state index contributed by atoms with van der Waals surface area (Å²) in [5.41, 5.74) is 0.798. The number of carbonyl (C=O) groups is 1. The van der Waals surface area contributed by atoms with Gasteiger partial charge in [0.15, 0.2) is 11.5 Å². The molecule has 7 heteroatoms. The molecule has 0 fully saturated rings. The normalized spacial score (nSPS) is 10.6. The fourth-order valence-corrected chi connectivity index (χ4v) is 2.12. The average Bonchev–Trinajstić information content (AvgIpc) is 2.62. The van der Waals surface area contributed by atoms with Gasteiger partial charge in [-0.15, -0.1) is 0 Å². The number of hydrogen-bond donors (Lipinski definition) is 1. The third kappa shape index (κ3) is 5.47. The number of halogens is 2. The van der Waals surface area contributed by atoms with E-state index in [0.29, 0.717) is 17.6 Å². The van der Waals surface area contributed by atoms with Gasteiger partial charge in [-0.1, -0.05) is 18.2 Å². The Bertz CT molecular complexity index is 793. The summed E-state index contributed by atoms with van der Waals surface area (Å²) < 4.78 is 41.9. The molecule has 2 aromatic carbocycles. The predicted octanol–water partition coefficient (Wildman–Crippen LogP) is 4.63. The Hall–Kier alpha value is -3.09. The fraction of sp³-hybridized carbons (Fsp3) is 0.211. The van der Waals surface area contributed by atoms with Crippen LogP contribution in [0.3, 0.4) is 0 Å². The molecule has 0 saturated heterocycles. The van der Waals surface area contributed by atoms with Crippen LogP contribution < -0.4 is 14.8 Å². The molecular formula is C19H19F2NO4. The lowest BCUT2D eigenvalue weighted by Crippen LogP contribution is -2.18. The van der Waals surface area contributed by atoms with Crippen LogP contribution in [0, 0.1) is 11.6 Å². The van der Waals surface area contributed by atoms with E-state index in [1.165, 1.54) is 7.11 Å². The standard InChI is InChI=1S/C19H19F2NO4/c1-3-4-13-5-8-17(18(11-13)24-2)25-9-10-26-19(23)22-16-7-6-14(20)12-15(16)21/h3-8,11-12H,9-10H2,1-2H3,(H,22,23)/b4-3+. The van der Waals surface area contributed by atoms with Crippen molar-refractivity contribution in [3.63, 3.8) is 0 Å². The van der Waals surface area contributed by atoms with E-state index in [9.17, 15) is 13.6 Å². The van der Waals surface area contributed by atoms with Crippen molar-refractivity contribution >= 4 is 17.9 Å². The lowest BCUT2D eigenvalue weighted by atomic mass is 10.2. The fourth-order valence-electron chi connectivity index (χ4n) is 2.12. The summed E-state index contributed by atoms with van der Waals surface area (Å²) in [6, 6.07) is 8.25. The van der Waals surface area contributed by atoms with Crippen LogP contribution in [0.1, 0.15) is 12.5 Å². The quantitative estimate of drug-likeness (QED) is 0.729. The number of methoxy groups -OCH3 is 1. The van der Waals surface area contributed by atoms with Gasteiger partial charge in [-0.2, -0.15) is 0 Å². The molecule has 0 aliphatic rings. The third-order valence-corrected chi connectivity index (χ3v) is 3.29. The highest BCUT2D eigenvalue weighted by Gasteiger charge is 2.09. The Morgan fingerprint density at radius 1 is 1.12 bits per heavy atom. The predicted molar refractivity (Wildman–Crippen MR) is 94.5 cm³/mol. The highest BCUT2D eigenvalue weighted by molar-refractivity contribution is 5.84. The molecule has 0 atom stereocenters. The summed E-state index contributed by atoms with van der Waals surface area (Å²) in [7, 11) is 1.53. The van der Waals surface area contributed by atoms with Crippen molar-refractivity contribution in [3.05, 3.63) is 59.7 Å². The van der Waals surface area contributed by atoms with Gasteiger partial charge in [0.25, 0.3) is 0 Å². The Labute approximate surface area is 150 Å². The molecule has 0 radical (unpaired) electrons. The van der Waals surface area contributed by atoms with Gasteiger partial charge in [0, 0.05) is 6.07 Å². The zero-order valence-electron chi connectivity index (χ0n) is 14.4. The molecule has 0 aliphatic carbocycles. The lowest BCUT2D eigenvalue weighted by Gasteiger charge is -2.12. The van der Waals surface area contributed by atoms with E-state index >= 15 is 0 Å². The van der Waals surface area contributed by atoms with E-state index < -0.39 is 17.7 Å². The minimum Gasteiger partial charge on any atom is -0.493 e. The maximum atomic E-state index is 13.4. The number of anilines is 1. The second-order valence-electron chi connectivity index (χ2n) is 5.14. The summed E-state index contributed by atoms with van der Waals surface area (Å²) >= 11 is 0. The van der Waals surface area contributed by atoms with Crippen LogP contribution in [0.25, 0.3) is 6.08 Å². The largest absolute Gasteiger partial charge is 0.493 e. The van der Waals surface area contributed by atoms with Gasteiger partial charge in [-0.3, -0.25) is 5.32 Å². The van der Waals surface area contributed by atoms with E-state index in [0.717, 1.165) is 17.7 Å². The van der Waals surface area contributed by atoms with Crippen LogP contribution in [-0.4, -0.2) is 26.4 Å². The van der Waals surface area contributed by atoms with Crippen LogP contribution in [0.5, 0.6) is 11.5 Å². The van der Waals surface area contributed by atoms with Crippen molar-refractivity contribution in [1.29, 1.82) is 0 Å². The Morgan fingerprint density at radius 3 is 2.62 bits per heavy atom. The molecule has 0 saturated carbocycles. The summed E-state index contributed by atoms with van der Waals surface area (Å²) in [4.78, 5) is 11.6. The van der Waals surface area contributed by atoms with Gasteiger partial charge in [0.2, 0.25) is 0 Å². The molecule has 0 spiro atoms. The summed E-state index contributed by atoms with van der Waals surface area (Å²) in [5.74, 6) is -0.554. The number of hydrogen-bond acceptors (Lipinski definition) is 4. The molecule has 26 heavy (non-hydrogen) atoms. The maximum Gasteiger partial charge on any atom is 0.411 e. The maximum absolute atomic E-state index is 13.4. The summed E-state index contributed by atoms with van der Waals surface area (Å²) in [6.07, 6.45) is 2.97. The van der Waals surface area contributed by atoms with Crippen LogP contribution in [0.4, 0.5) is 19.3 Å². The average molecular weight is 363 g/mol. The number of nitrogens with one attached hydrogen (secondary N) is 1. The minimum absolute atomic E-state index is 0.0611. The molecule has 5 nitrogen and oxygen atoms in total. The SMILES string of the molecule is C/C=C/c1ccc(OCCOC(=O)Nc2ccc(F)cc2F)c(OC)c1. The molecule has 2 aromatic rings. The zero-order chi connectivity index (χ0) is 18.9. The summed E-state index contributed by atoms with van der Waals surface area (Å²) in [6.45, 7) is 1.93. The lowest BCUT2D eigenvalue weighted by molar-refractivity contribution is 0.136. The minimum atomic E-state index is -0.885. The van der Waals surface area contributed by atoms with Crippen molar-refractivity contribution in [2.45, 2.75) is 6.92 Å². The Balaban J connectivity index is 1.82. The van der Waals surface area contributed by atoms with Crippen LogP contribution >= 0.6 is 0 Å². The molecule has 0 aromatic heterocycles. The molecule has 2 rings (SSSR count). The first-order valence-corrected chi connectivity index (χ1v) is 7.86. The van der Waals surface area contributed by atoms with E-state index in [1.54, 1.807) is 6.07 Å². The van der Waals surface area contributed by atoms with Crippen molar-refractivity contribution in [3.8, 4) is 11.5 Å². The number of allylic oxidation sites excluding steroid dienone is 1. The van der Waals surface area contributed by atoms with Gasteiger partial charge in [0.05, 0.1) is 12.8 Å². The van der Waals surface area contributed by atoms with E-state index in [2.05, 4.69) is 5.32 Å². The van der Waals surface area contributed by atoms with Crippen LogP contribution in [-0.2, 0) is 4.74 Å². The summed E-state index contributed by atoms with van der Waals surface area (Å²) in [5, 5.41) is 2.19. The van der Waals surface area contributed by atoms with Gasteiger partial charge in [-0.25, -0.2) is 13.6 Å². The first-order valence-electron chi connectivity index (χ1n) is 7.86. The number of benzene rings is 2. The van der Waals surface area contributed by atoms with Crippen molar-refractivity contribution in [2.75, 3.05) is 25.6 Å². The molecule has 0 aliphatic heterocycles. The number of ether oxygens (including phenoxy) is 3. The first-order chi connectivity index (χ1) is 12.5. The second-order valence-corrected chi connectivity index (χ2v) is 5.14. The number of amides is 1.